The maximum atomic E-state index is 4.37. The second-order valence-electron chi connectivity index (χ2n) is 6.98. The SMILES string of the molecule is Cc1ccc(CCCS)cc1-c1cc(CCCS)ccc1CCCCS. The third-order valence-corrected chi connectivity index (χ3v) is 5.82. The van der Waals surface area contributed by atoms with Gasteiger partial charge in [0.25, 0.3) is 0 Å². The zero-order chi connectivity index (χ0) is 18.8. The summed E-state index contributed by atoms with van der Waals surface area (Å²) in [6, 6.07) is 14.0. The Hall–Kier alpha value is -0.510. The van der Waals surface area contributed by atoms with Crippen molar-refractivity contribution < 1.29 is 0 Å². The van der Waals surface area contributed by atoms with Crippen molar-refractivity contribution in [3.8, 4) is 11.1 Å². The Morgan fingerprint density at radius 3 is 1.81 bits per heavy atom. The van der Waals surface area contributed by atoms with Gasteiger partial charge in [-0.15, -0.1) is 0 Å². The first kappa shape index (κ1) is 21.8. The average molecular weight is 405 g/mol. The Morgan fingerprint density at radius 2 is 1.19 bits per heavy atom. The fourth-order valence-corrected chi connectivity index (χ4v) is 3.90. The lowest BCUT2D eigenvalue weighted by Gasteiger charge is -2.16. The Labute approximate surface area is 176 Å². The second kappa shape index (κ2) is 12.0. The lowest BCUT2D eigenvalue weighted by atomic mass is 9.89. The number of hydrogen-bond donors (Lipinski definition) is 3. The minimum absolute atomic E-state index is 0.942. The molecule has 0 aliphatic heterocycles. The third-order valence-electron chi connectivity index (χ3n) is 4.87. The lowest BCUT2D eigenvalue weighted by Crippen LogP contribution is -1.97. The number of unbranched alkanes of at least 4 members (excludes halogenated alkanes) is 1. The summed E-state index contributed by atoms with van der Waals surface area (Å²) < 4.78 is 0. The molecule has 0 N–H and O–H groups in total. The minimum Gasteiger partial charge on any atom is -0.179 e. The van der Waals surface area contributed by atoms with Crippen LogP contribution in [0.3, 0.4) is 0 Å². The first-order valence-corrected chi connectivity index (χ1v) is 11.6. The smallest absolute Gasteiger partial charge is 0.00947 e. The first-order chi connectivity index (χ1) is 12.7. The first-order valence-electron chi connectivity index (χ1n) is 9.74. The molecule has 0 spiro atoms. The molecule has 0 aliphatic carbocycles. The van der Waals surface area contributed by atoms with Gasteiger partial charge in [-0.3, -0.25) is 0 Å². The normalized spacial score (nSPS) is 11.1. The molecule has 0 saturated heterocycles. The van der Waals surface area contributed by atoms with Gasteiger partial charge in [-0.05, 0) is 103 Å². The van der Waals surface area contributed by atoms with Crippen molar-refractivity contribution in [1.29, 1.82) is 0 Å². The Morgan fingerprint density at radius 1 is 0.615 bits per heavy atom. The molecule has 0 fully saturated rings. The van der Waals surface area contributed by atoms with E-state index in [1.807, 2.05) is 0 Å². The van der Waals surface area contributed by atoms with Crippen LogP contribution < -0.4 is 0 Å². The molecule has 0 unspecified atom stereocenters. The minimum atomic E-state index is 0.942. The van der Waals surface area contributed by atoms with E-state index in [2.05, 4.69) is 81.2 Å². The highest BCUT2D eigenvalue weighted by Gasteiger charge is 2.10. The van der Waals surface area contributed by atoms with Crippen molar-refractivity contribution >= 4 is 37.9 Å². The molecule has 0 heterocycles. The highest BCUT2D eigenvalue weighted by atomic mass is 32.1. The second-order valence-corrected chi connectivity index (χ2v) is 8.32. The highest BCUT2D eigenvalue weighted by Crippen LogP contribution is 2.31. The highest BCUT2D eigenvalue weighted by molar-refractivity contribution is 7.80. The van der Waals surface area contributed by atoms with E-state index in [1.54, 1.807) is 0 Å². The molecule has 3 heteroatoms. The number of hydrogen-bond acceptors (Lipinski definition) is 3. The molecular weight excluding hydrogens is 372 g/mol. The van der Waals surface area contributed by atoms with Crippen molar-refractivity contribution in [2.75, 3.05) is 17.3 Å². The van der Waals surface area contributed by atoms with Crippen LogP contribution in [0.1, 0.15) is 47.9 Å². The van der Waals surface area contributed by atoms with E-state index < -0.39 is 0 Å². The Balaban J connectivity index is 2.39. The van der Waals surface area contributed by atoms with Crippen molar-refractivity contribution in [1.82, 2.24) is 0 Å². The van der Waals surface area contributed by atoms with Crippen LogP contribution in [0.2, 0.25) is 0 Å². The van der Waals surface area contributed by atoms with Crippen LogP contribution in [0, 0.1) is 6.92 Å². The van der Waals surface area contributed by atoms with E-state index >= 15 is 0 Å². The van der Waals surface area contributed by atoms with Crippen molar-refractivity contribution in [3.05, 3.63) is 58.7 Å². The molecule has 26 heavy (non-hydrogen) atoms. The molecule has 0 radical (unpaired) electrons. The molecular formula is C23H32S3. The Kier molecular flexibility index (Phi) is 10.1. The van der Waals surface area contributed by atoms with Crippen LogP contribution in [-0.4, -0.2) is 17.3 Å². The fraction of sp³-hybridized carbons (Fsp3) is 0.478. The van der Waals surface area contributed by atoms with Crippen LogP contribution in [0.15, 0.2) is 36.4 Å². The predicted molar refractivity (Wildman–Crippen MR) is 128 cm³/mol. The summed E-state index contributed by atoms with van der Waals surface area (Å²) in [6.07, 6.45) is 7.96. The number of rotatable bonds is 11. The summed E-state index contributed by atoms with van der Waals surface area (Å²) in [4.78, 5) is 0. The summed E-state index contributed by atoms with van der Waals surface area (Å²) in [5.41, 5.74) is 8.49. The molecule has 0 nitrogen and oxygen atoms in total. The summed E-state index contributed by atoms with van der Waals surface area (Å²) >= 11 is 13.1. The van der Waals surface area contributed by atoms with Gasteiger partial charge in [0.15, 0.2) is 0 Å². The molecule has 0 amide bonds. The van der Waals surface area contributed by atoms with E-state index in [1.165, 1.54) is 46.2 Å². The van der Waals surface area contributed by atoms with E-state index in [4.69, 9.17) is 0 Å². The van der Waals surface area contributed by atoms with Gasteiger partial charge in [0, 0.05) is 0 Å². The molecule has 0 saturated carbocycles. The van der Waals surface area contributed by atoms with Gasteiger partial charge in [-0.25, -0.2) is 0 Å². The van der Waals surface area contributed by atoms with E-state index in [0.717, 1.165) is 49.4 Å². The summed E-state index contributed by atoms with van der Waals surface area (Å²) in [5.74, 6) is 2.85. The predicted octanol–water partition coefficient (Wildman–Crippen LogP) is 6.64. The van der Waals surface area contributed by atoms with Gasteiger partial charge in [0.2, 0.25) is 0 Å². The van der Waals surface area contributed by atoms with Gasteiger partial charge in [-0.1, -0.05) is 36.4 Å². The molecule has 0 bridgehead atoms. The van der Waals surface area contributed by atoms with Crippen LogP contribution in [0.4, 0.5) is 0 Å². The number of benzene rings is 2. The van der Waals surface area contributed by atoms with Crippen LogP contribution in [-0.2, 0) is 19.3 Å². The molecule has 142 valence electrons. The van der Waals surface area contributed by atoms with Crippen LogP contribution >= 0.6 is 37.9 Å². The van der Waals surface area contributed by atoms with Gasteiger partial charge >= 0.3 is 0 Å². The van der Waals surface area contributed by atoms with E-state index in [0.29, 0.717) is 0 Å². The van der Waals surface area contributed by atoms with Gasteiger partial charge < -0.3 is 0 Å². The molecule has 0 aromatic heterocycles. The lowest BCUT2D eigenvalue weighted by molar-refractivity contribution is 0.804. The summed E-state index contributed by atoms with van der Waals surface area (Å²) in [5, 5.41) is 0. The summed E-state index contributed by atoms with van der Waals surface area (Å²) in [7, 11) is 0. The van der Waals surface area contributed by atoms with Crippen LogP contribution in [0.5, 0.6) is 0 Å². The molecule has 2 aromatic carbocycles. The average Bonchev–Trinajstić information content (AvgIpc) is 2.66. The molecule has 0 atom stereocenters. The fourth-order valence-electron chi connectivity index (χ4n) is 3.36. The van der Waals surface area contributed by atoms with Gasteiger partial charge in [0.05, 0.1) is 0 Å². The van der Waals surface area contributed by atoms with Crippen molar-refractivity contribution in [2.45, 2.75) is 51.9 Å². The van der Waals surface area contributed by atoms with Crippen LogP contribution in [0.25, 0.3) is 11.1 Å². The quantitative estimate of drug-likeness (QED) is 0.271. The van der Waals surface area contributed by atoms with Crippen molar-refractivity contribution in [3.63, 3.8) is 0 Å². The maximum absolute atomic E-state index is 4.37. The molecule has 0 aliphatic rings. The van der Waals surface area contributed by atoms with Crippen molar-refractivity contribution in [2.24, 2.45) is 0 Å². The topological polar surface area (TPSA) is 0 Å². The zero-order valence-corrected chi connectivity index (χ0v) is 18.6. The summed E-state index contributed by atoms with van der Waals surface area (Å²) in [6.45, 7) is 2.23. The van der Waals surface area contributed by atoms with Gasteiger partial charge in [-0.2, -0.15) is 37.9 Å². The zero-order valence-electron chi connectivity index (χ0n) is 15.9. The number of thiol groups is 3. The Bertz CT molecular complexity index is 679. The maximum Gasteiger partial charge on any atom is -0.00947 e. The third kappa shape index (κ3) is 6.58. The van der Waals surface area contributed by atoms with Gasteiger partial charge in [0.1, 0.15) is 0 Å². The largest absolute Gasteiger partial charge is 0.179 e. The molecule has 2 rings (SSSR count). The number of aryl methyl sites for hydroxylation is 4. The standard InChI is InChI=1S/C23H32S3/c1-18-9-10-19(6-4-14-25)16-22(18)23-17-20(7-5-15-26)11-12-21(23)8-2-3-13-24/h9-12,16-17,24-26H,2-8,13-15H2,1H3. The van der Waals surface area contributed by atoms with E-state index in [-0.39, 0.29) is 0 Å². The monoisotopic (exact) mass is 404 g/mol. The van der Waals surface area contributed by atoms with E-state index in [9.17, 15) is 0 Å². The molecule has 2 aromatic rings.